The van der Waals surface area contributed by atoms with Gasteiger partial charge >= 0.3 is 0 Å². The molecule has 0 aliphatic heterocycles. The molecule has 0 unspecified atom stereocenters. The van der Waals surface area contributed by atoms with Crippen molar-refractivity contribution in [2.24, 2.45) is 0 Å². The first-order chi connectivity index (χ1) is 20.6. The fourth-order valence-corrected chi connectivity index (χ4v) is 6.03. The van der Waals surface area contributed by atoms with E-state index < -0.39 is 5.54 Å². The van der Waals surface area contributed by atoms with Crippen molar-refractivity contribution >= 4 is 38.4 Å². The highest BCUT2D eigenvalue weighted by Gasteiger charge is 2.39. The van der Waals surface area contributed by atoms with Gasteiger partial charge in [0.2, 0.25) is 0 Å². The van der Waals surface area contributed by atoms with Gasteiger partial charge in [-0.3, -0.25) is 4.79 Å². The first-order valence-electron chi connectivity index (χ1n) is 13.5. The summed E-state index contributed by atoms with van der Waals surface area (Å²) in [5.74, 6) is 0.304. The van der Waals surface area contributed by atoms with Gasteiger partial charge in [0.15, 0.2) is 5.75 Å². The Morgan fingerprint density at radius 3 is 2.12 bits per heavy atom. The number of hydrogen-bond acceptors (Lipinski definition) is 5. The molecular formula is C33H27BrClN5O2. The predicted octanol–water partition coefficient (Wildman–Crippen LogP) is 6.54. The van der Waals surface area contributed by atoms with Crippen molar-refractivity contribution in [3.8, 4) is 5.75 Å². The number of H-pyrrole nitrogens is 1. The summed E-state index contributed by atoms with van der Waals surface area (Å²) in [6, 6.07) is 33.2. The molecule has 0 saturated carbocycles. The molecule has 0 fully saturated rings. The fourth-order valence-electron chi connectivity index (χ4n) is 5.43. The monoisotopic (exact) mass is 639 g/mol. The molecule has 9 heteroatoms. The zero-order chi connectivity index (χ0) is 28.9. The van der Waals surface area contributed by atoms with E-state index in [4.69, 9.17) is 16.3 Å². The smallest absolute Gasteiger partial charge is 0.262 e. The molecule has 2 heterocycles. The highest BCUT2D eigenvalue weighted by molar-refractivity contribution is 9.10. The molecule has 0 aliphatic carbocycles. The maximum atomic E-state index is 12.5. The van der Waals surface area contributed by atoms with Crippen LogP contribution in [0.25, 0.3) is 10.9 Å². The number of benzene rings is 4. The van der Waals surface area contributed by atoms with Crippen LogP contribution >= 0.6 is 27.5 Å². The third kappa shape index (κ3) is 5.13. The first-order valence-corrected chi connectivity index (χ1v) is 14.6. The van der Waals surface area contributed by atoms with E-state index in [1.54, 1.807) is 6.07 Å². The Bertz CT molecular complexity index is 1760. The number of rotatable bonds is 10. The van der Waals surface area contributed by atoms with E-state index >= 15 is 0 Å². The number of fused-ring (bicyclic) bond motifs is 1. The zero-order valence-electron chi connectivity index (χ0n) is 22.5. The summed E-state index contributed by atoms with van der Waals surface area (Å²) in [7, 11) is 0. The van der Waals surface area contributed by atoms with E-state index in [2.05, 4.69) is 114 Å². The Hall–Kier alpha value is -4.24. The lowest BCUT2D eigenvalue weighted by Gasteiger charge is -2.38. The molecule has 2 aromatic heterocycles. The second-order valence-corrected chi connectivity index (χ2v) is 10.9. The van der Waals surface area contributed by atoms with Crippen molar-refractivity contribution in [1.82, 2.24) is 24.8 Å². The number of hydrogen-bond donors (Lipinski definition) is 2. The largest absolute Gasteiger partial charge is 0.490 e. The van der Waals surface area contributed by atoms with Gasteiger partial charge in [0.25, 0.3) is 5.56 Å². The van der Waals surface area contributed by atoms with Crippen LogP contribution in [0, 0.1) is 0 Å². The van der Waals surface area contributed by atoms with Crippen LogP contribution < -0.4 is 15.6 Å². The summed E-state index contributed by atoms with van der Waals surface area (Å²) in [4.78, 5) is 24.0. The van der Waals surface area contributed by atoms with E-state index in [-0.39, 0.29) is 12.2 Å². The second-order valence-electron chi connectivity index (χ2n) is 9.72. The molecule has 0 aliphatic rings. The van der Waals surface area contributed by atoms with Crippen molar-refractivity contribution in [3.05, 3.63) is 158 Å². The van der Waals surface area contributed by atoms with E-state index in [9.17, 15) is 4.79 Å². The molecule has 0 bridgehead atoms. The number of aromatic nitrogens is 4. The topological polar surface area (TPSA) is 84.8 Å². The number of aromatic amines is 1. The van der Waals surface area contributed by atoms with Gasteiger partial charge in [-0.25, -0.2) is 9.97 Å². The Labute approximate surface area is 256 Å². The second kappa shape index (κ2) is 12.3. The zero-order valence-corrected chi connectivity index (χ0v) is 24.8. The minimum absolute atomic E-state index is 0.287. The molecule has 0 saturated heterocycles. The number of nitrogens with one attached hydrogen (secondary N) is 2. The summed E-state index contributed by atoms with van der Waals surface area (Å²) in [6.45, 7) is 1.32. The van der Waals surface area contributed by atoms with Crippen molar-refractivity contribution in [2.75, 3.05) is 13.2 Å². The van der Waals surface area contributed by atoms with Gasteiger partial charge in [-0.15, -0.1) is 0 Å². The third-order valence-electron chi connectivity index (χ3n) is 7.26. The van der Waals surface area contributed by atoms with Crippen LogP contribution in [0.3, 0.4) is 0 Å². The molecule has 6 rings (SSSR count). The average Bonchev–Trinajstić information content (AvgIpc) is 3.49. The summed E-state index contributed by atoms with van der Waals surface area (Å²) >= 11 is 9.93. The summed E-state index contributed by atoms with van der Waals surface area (Å²) in [5.41, 5.74) is 3.92. The van der Waals surface area contributed by atoms with Crippen LogP contribution in [0.15, 0.2) is 125 Å². The SMILES string of the molecule is O=c1[nH]cnc2cc(Br)c(Cl)c(OCCNCc3cncn3C(c3ccccc3)(c3ccccc3)c3ccccc3)c12. The van der Waals surface area contributed by atoms with Gasteiger partial charge in [0.1, 0.15) is 17.5 Å². The number of halogens is 2. The molecule has 6 aromatic rings. The van der Waals surface area contributed by atoms with Crippen molar-refractivity contribution in [3.63, 3.8) is 0 Å². The molecule has 0 atom stereocenters. The molecule has 7 nitrogen and oxygen atoms in total. The Balaban J connectivity index is 1.30. The molecule has 0 radical (unpaired) electrons. The molecule has 0 amide bonds. The normalized spacial score (nSPS) is 11.6. The van der Waals surface area contributed by atoms with Crippen LogP contribution in [-0.4, -0.2) is 32.7 Å². The molecule has 4 aromatic carbocycles. The quantitative estimate of drug-likeness (QED) is 0.131. The lowest BCUT2D eigenvalue weighted by Crippen LogP contribution is -2.39. The van der Waals surface area contributed by atoms with Crippen LogP contribution in [0.2, 0.25) is 5.02 Å². The summed E-state index contributed by atoms with van der Waals surface area (Å²) in [5, 5.41) is 4.13. The van der Waals surface area contributed by atoms with Crippen molar-refractivity contribution < 1.29 is 4.74 Å². The lowest BCUT2D eigenvalue weighted by molar-refractivity contribution is 0.315. The van der Waals surface area contributed by atoms with Gasteiger partial charge in [-0.1, -0.05) is 103 Å². The third-order valence-corrected chi connectivity index (χ3v) is 8.49. The van der Waals surface area contributed by atoms with Gasteiger partial charge in [-0.2, -0.15) is 0 Å². The van der Waals surface area contributed by atoms with Gasteiger partial charge < -0.3 is 19.6 Å². The minimum Gasteiger partial charge on any atom is -0.490 e. The first kappa shape index (κ1) is 27.9. The molecule has 42 heavy (non-hydrogen) atoms. The Morgan fingerprint density at radius 2 is 1.52 bits per heavy atom. The van der Waals surface area contributed by atoms with Crippen LogP contribution in [0.5, 0.6) is 5.75 Å². The van der Waals surface area contributed by atoms with Gasteiger partial charge in [-0.05, 0) is 38.7 Å². The Kier molecular flexibility index (Phi) is 8.19. The van der Waals surface area contributed by atoms with Gasteiger partial charge in [0.05, 0.1) is 28.9 Å². The number of imidazole rings is 1. The van der Waals surface area contributed by atoms with Crippen molar-refractivity contribution in [2.45, 2.75) is 12.1 Å². The van der Waals surface area contributed by atoms with E-state index in [0.717, 1.165) is 22.4 Å². The maximum Gasteiger partial charge on any atom is 0.262 e. The molecule has 0 spiro atoms. The average molecular weight is 641 g/mol. The van der Waals surface area contributed by atoms with Crippen LogP contribution in [-0.2, 0) is 12.1 Å². The fraction of sp³-hybridized carbons (Fsp3) is 0.121. The standard InChI is InChI=1S/C33H27BrClN5O2/c34-27-18-28-29(32(41)39-21-38-28)31(30(27)35)42-17-16-36-19-26-20-37-22-40(26)33(23-10-4-1-5-11-23,24-12-6-2-7-13-24)25-14-8-3-9-15-25/h1-15,18,20-22,36H,16-17,19H2,(H,38,39,41). The lowest BCUT2D eigenvalue weighted by atomic mass is 9.76. The van der Waals surface area contributed by atoms with Gasteiger partial charge in [0, 0.05) is 23.8 Å². The minimum atomic E-state index is -0.648. The highest BCUT2D eigenvalue weighted by Crippen LogP contribution is 2.41. The number of nitrogens with zero attached hydrogens (tertiary/aromatic N) is 3. The molecule has 210 valence electrons. The Morgan fingerprint density at radius 1 is 0.929 bits per heavy atom. The summed E-state index contributed by atoms with van der Waals surface area (Å²) in [6.07, 6.45) is 5.15. The van der Waals surface area contributed by atoms with E-state index in [1.165, 1.54) is 6.33 Å². The molecule has 2 N–H and O–H groups in total. The van der Waals surface area contributed by atoms with Crippen molar-refractivity contribution in [1.29, 1.82) is 0 Å². The van der Waals surface area contributed by atoms with E-state index in [0.29, 0.717) is 39.2 Å². The predicted molar refractivity (Wildman–Crippen MR) is 169 cm³/mol. The van der Waals surface area contributed by atoms with E-state index in [1.807, 2.05) is 30.7 Å². The number of ether oxygens (including phenoxy) is 1. The maximum absolute atomic E-state index is 12.5. The van der Waals surface area contributed by atoms with Crippen LogP contribution in [0.1, 0.15) is 22.4 Å². The van der Waals surface area contributed by atoms with Crippen LogP contribution in [0.4, 0.5) is 0 Å². The molecular weight excluding hydrogens is 614 g/mol. The highest BCUT2D eigenvalue weighted by atomic mass is 79.9. The summed E-state index contributed by atoms with van der Waals surface area (Å²) < 4.78 is 8.88.